The summed E-state index contributed by atoms with van der Waals surface area (Å²) < 4.78 is 0. The number of hydrogen-bond acceptors (Lipinski definition) is 4. The maximum absolute atomic E-state index is 11.8. The van der Waals surface area contributed by atoms with E-state index in [-0.39, 0.29) is 6.42 Å². The second kappa shape index (κ2) is 4.73. The third kappa shape index (κ3) is 2.40. The van der Waals surface area contributed by atoms with Crippen molar-refractivity contribution in [1.29, 1.82) is 0 Å². The van der Waals surface area contributed by atoms with Gasteiger partial charge in [0.1, 0.15) is 5.54 Å². The molecule has 0 unspecified atom stereocenters. The summed E-state index contributed by atoms with van der Waals surface area (Å²) in [4.78, 5) is 41.0. The fourth-order valence-corrected chi connectivity index (χ4v) is 1.40. The third-order valence-electron chi connectivity index (χ3n) is 2.93. The van der Waals surface area contributed by atoms with E-state index in [2.05, 4.69) is 0 Å². The van der Waals surface area contributed by atoms with Crippen LogP contribution in [0.3, 0.4) is 0 Å². The van der Waals surface area contributed by atoms with Crippen LogP contribution in [0.4, 0.5) is 4.79 Å². The number of nitrogens with zero attached hydrogens (tertiary/aromatic N) is 2. The van der Waals surface area contributed by atoms with Crippen LogP contribution in [0.5, 0.6) is 0 Å². The smallest absolute Gasteiger partial charge is 0.329 e. The molecule has 0 atom stereocenters. The van der Waals surface area contributed by atoms with Gasteiger partial charge in [-0.05, 0) is 20.3 Å². The van der Waals surface area contributed by atoms with Crippen molar-refractivity contribution in [3.05, 3.63) is 0 Å². The normalized spacial score (nSPS) is 18.8. The summed E-state index contributed by atoms with van der Waals surface area (Å²) in [5.74, 6) is -1.07. The Kier molecular flexibility index (Phi) is 3.75. The van der Waals surface area contributed by atoms with Crippen LogP contribution in [0.2, 0.25) is 0 Å². The second-order valence-electron chi connectivity index (χ2n) is 4.57. The zero-order valence-electron chi connectivity index (χ0n) is 10.6. The lowest BCUT2D eigenvalue weighted by molar-refractivity contribution is -0.184. The number of unbranched alkanes of at least 4 members (excludes halogenated alkanes) is 1. The molecule has 1 fully saturated rings. The summed E-state index contributed by atoms with van der Waals surface area (Å²) in [7, 11) is 1.50. The van der Waals surface area contributed by atoms with Gasteiger partial charge in [-0.15, -0.1) is 0 Å². The Labute approximate surface area is 100 Å². The molecule has 0 aliphatic carbocycles. The average Bonchev–Trinajstić information content (AvgIpc) is 2.42. The minimum Gasteiger partial charge on any atom is -0.329 e. The van der Waals surface area contributed by atoms with Gasteiger partial charge in [0.2, 0.25) is 0 Å². The molecule has 0 spiro atoms. The number of hydroxylamine groups is 2. The maximum atomic E-state index is 11.8. The number of amides is 3. The number of carbonyl (C=O) groups excluding carboxylic acids is 3. The maximum Gasteiger partial charge on any atom is 0.361 e. The molecule has 0 bridgehead atoms. The predicted molar refractivity (Wildman–Crippen MR) is 59.7 cm³/mol. The SMILES string of the molecule is CCCCC(=O)ON1C(=O)N(C)C(C)(C)C1=O. The van der Waals surface area contributed by atoms with Crippen LogP contribution in [-0.4, -0.2) is 40.5 Å². The Morgan fingerprint density at radius 2 is 1.94 bits per heavy atom. The lowest BCUT2D eigenvalue weighted by Crippen LogP contribution is -2.41. The van der Waals surface area contributed by atoms with Gasteiger partial charge in [-0.2, -0.15) is 0 Å². The molecule has 0 aromatic heterocycles. The number of hydrogen-bond donors (Lipinski definition) is 0. The summed E-state index contributed by atoms with van der Waals surface area (Å²) in [5, 5.41) is 0.554. The number of imide groups is 1. The molecule has 96 valence electrons. The van der Waals surface area contributed by atoms with Gasteiger partial charge >= 0.3 is 12.0 Å². The Bertz CT molecular complexity index is 351. The zero-order valence-corrected chi connectivity index (χ0v) is 10.6. The summed E-state index contributed by atoms with van der Waals surface area (Å²) >= 11 is 0. The molecule has 0 radical (unpaired) electrons. The van der Waals surface area contributed by atoms with E-state index in [0.717, 1.165) is 6.42 Å². The molecule has 0 aromatic carbocycles. The molecule has 6 nitrogen and oxygen atoms in total. The largest absolute Gasteiger partial charge is 0.361 e. The molecular formula is C11H18N2O4. The summed E-state index contributed by atoms with van der Waals surface area (Å²) in [6.07, 6.45) is 1.73. The van der Waals surface area contributed by atoms with E-state index in [4.69, 9.17) is 4.84 Å². The first-order chi connectivity index (χ1) is 7.82. The molecule has 0 N–H and O–H groups in total. The molecule has 1 heterocycles. The van der Waals surface area contributed by atoms with E-state index in [1.165, 1.54) is 11.9 Å². The molecule has 1 aliphatic heterocycles. The van der Waals surface area contributed by atoms with E-state index >= 15 is 0 Å². The Balaban J connectivity index is 2.70. The van der Waals surface area contributed by atoms with Crippen molar-refractivity contribution < 1.29 is 19.2 Å². The quantitative estimate of drug-likeness (QED) is 0.697. The third-order valence-corrected chi connectivity index (χ3v) is 2.93. The van der Waals surface area contributed by atoms with Crippen molar-refractivity contribution in [3.8, 4) is 0 Å². The van der Waals surface area contributed by atoms with E-state index in [1.807, 2.05) is 6.92 Å². The van der Waals surface area contributed by atoms with Crippen LogP contribution in [0, 0.1) is 0 Å². The van der Waals surface area contributed by atoms with Crippen LogP contribution in [0.15, 0.2) is 0 Å². The molecular weight excluding hydrogens is 224 g/mol. The van der Waals surface area contributed by atoms with Crippen molar-refractivity contribution >= 4 is 17.9 Å². The summed E-state index contributed by atoms with van der Waals surface area (Å²) in [6.45, 7) is 5.15. The lowest BCUT2D eigenvalue weighted by Gasteiger charge is -2.21. The first-order valence-corrected chi connectivity index (χ1v) is 5.65. The topological polar surface area (TPSA) is 66.9 Å². The zero-order chi connectivity index (χ0) is 13.2. The number of likely N-dealkylation sites (N-methyl/N-ethyl adjacent to an activating group) is 1. The fraction of sp³-hybridized carbons (Fsp3) is 0.727. The predicted octanol–water partition coefficient (Wildman–Crippen LogP) is 1.31. The summed E-state index contributed by atoms with van der Waals surface area (Å²) in [5.41, 5.74) is -0.970. The van der Waals surface area contributed by atoms with Crippen LogP contribution in [0.25, 0.3) is 0 Å². The minimum atomic E-state index is -0.970. The van der Waals surface area contributed by atoms with Gasteiger partial charge < -0.3 is 9.74 Å². The van der Waals surface area contributed by atoms with Gasteiger partial charge in [0.05, 0.1) is 0 Å². The van der Waals surface area contributed by atoms with Gasteiger partial charge in [-0.25, -0.2) is 9.59 Å². The van der Waals surface area contributed by atoms with Crippen LogP contribution >= 0.6 is 0 Å². The standard InChI is InChI=1S/C11H18N2O4/c1-5-6-7-8(14)17-13-9(15)11(2,3)12(4)10(13)16/h5-7H2,1-4H3. The molecule has 1 rings (SSSR count). The van der Waals surface area contributed by atoms with Crippen molar-refractivity contribution in [1.82, 2.24) is 9.96 Å². The molecule has 3 amide bonds. The highest BCUT2D eigenvalue weighted by atomic mass is 16.7. The number of urea groups is 1. The average molecular weight is 242 g/mol. The van der Waals surface area contributed by atoms with Crippen molar-refractivity contribution in [3.63, 3.8) is 0 Å². The lowest BCUT2D eigenvalue weighted by atomic mass is 10.1. The van der Waals surface area contributed by atoms with E-state index in [0.29, 0.717) is 11.5 Å². The Hall–Kier alpha value is -1.59. The monoisotopic (exact) mass is 242 g/mol. The highest BCUT2D eigenvalue weighted by Gasteiger charge is 2.51. The van der Waals surface area contributed by atoms with Gasteiger partial charge in [-0.1, -0.05) is 18.4 Å². The highest BCUT2D eigenvalue weighted by molar-refractivity contribution is 6.05. The van der Waals surface area contributed by atoms with Crippen LogP contribution < -0.4 is 0 Å². The minimum absolute atomic E-state index is 0.206. The number of carbonyl (C=O) groups is 3. The molecule has 17 heavy (non-hydrogen) atoms. The number of rotatable bonds is 4. The van der Waals surface area contributed by atoms with Gasteiger partial charge in [0, 0.05) is 13.5 Å². The Morgan fingerprint density at radius 3 is 2.35 bits per heavy atom. The van der Waals surface area contributed by atoms with Crippen molar-refractivity contribution in [2.45, 2.75) is 45.6 Å². The van der Waals surface area contributed by atoms with E-state index < -0.39 is 23.4 Å². The molecule has 0 saturated carbocycles. The first kappa shape index (κ1) is 13.5. The van der Waals surface area contributed by atoms with Crippen LogP contribution in [-0.2, 0) is 14.4 Å². The van der Waals surface area contributed by atoms with Crippen molar-refractivity contribution in [2.75, 3.05) is 7.05 Å². The Morgan fingerprint density at radius 1 is 1.35 bits per heavy atom. The first-order valence-electron chi connectivity index (χ1n) is 5.65. The summed E-state index contributed by atoms with van der Waals surface area (Å²) in [6, 6.07) is -0.607. The van der Waals surface area contributed by atoms with E-state index in [9.17, 15) is 14.4 Å². The molecule has 1 aliphatic rings. The van der Waals surface area contributed by atoms with Gasteiger partial charge in [0.15, 0.2) is 0 Å². The van der Waals surface area contributed by atoms with Crippen LogP contribution in [0.1, 0.15) is 40.0 Å². The fourth-order valence-electron chi connectivity index (χ4n) is 1.40. The highest BCUT2D eigenvalue weighted by Crippen LogP contribution is 2.26. The van der Waals surface area contributed by atoms with Gasteiger partial charge in [-0.3, -0.25) is 4.79 Å². The molecule has 1 saturated heterocycles. The van der Waals surface area contributed by atoms with Crippen molar-refractivity contribution in [2.24, 2.45) is 0 Å². The van der Waals surface area contributed by atoms with Gasteiger partial charge in [0.25, 0.3) is 5.91 Å². The van der Waals surface area contributed by atoms with E-state index in [1.54, 1.807) is 13.8 Å². The molecule has 0 aromatic rings. The molecule has 6 heteroatoms. The second-order valence-corrected chi connectivity index (χ2v) is 4.57.